The van der Waals surface area contributed by atoms with Crippen molar-refractivity contribution in [1.82, 2.24) is 15.0 Å². The number of pyridine rings is 1. The molecule has 0 aliphatic rings. The second kappa shape index (κ2) is 4.54. The summed E-state index contributed by atoms with van der Waals surface area (Å²) in [5.41, 5.74) is 5.85. The number of aromatic nitrogens is 3. The molecule has 16 heavy (non-hydrogen) atoms. The average molecular weight is 255 g/mol. The molecule has 0 fully saturated rings. The molecule has 0 bridgehead atoms. The lowest BCUT2D eigenvalue weighted by atomic mass is 10.4. The summed E-state index contributed by atoms with van der Waals surface area (Å²) in [6.45, 7) is 0. The standard InChI is InChI=1S/C9H7ClN4OS/c10-6-7(15)13-4-14-9(6)16-8-5(11)2-1-3-12-8/h1-4H,11H2,(H,13,14,15). The predicted octanol–water partition coefficient (Wildman–Crippen LogP) is 1.55. The van der Waals surface area contributed by atoms with Gasteiger partial charge in [0.1, 0.15) is 15.1 Å². The van der Waals surface area contributed by atoms with Gasteiger partial charge < -0.3 is 10.7 Å². The van der Waals surface area contributed by atoms with Gasteiger partial charge in [-0.25, -0.2) is 9.97 Å². The van der Waals surface area contributed by atoms with Gasteiger partial charge in [0, 0.05) is 6.20 Å². The van der Waals surface area contributed by atoms with Crippen molar-refractivity contribution in [3.63, 3.8) is 0 Å². The smallest absolute Gasteiger partial charge is 0.270 e. The van der Waals surface area contributed by atoms with E-state index in [1.807, 2.05) is 0 Å². The van der Waals surface area contributed by atoms with Crippen LogP contribution in [-0.2, 0) is 0 Å². The quantitative estimate of drug-likeness (QED) is 0.795. The zero-order valence-electron chi connectivity index (χ0n) is 7.98. The first kappa shape index (κ1) is 11.0. The topological polar surface area (TPSA) is 84.7 Å². The van der Waals surface area contributed by atoms with Crippen molar-refractivity contribution in [2.75, 3.05) is 5.73 Å². The number of anilines is 1. The SMILES string of the molecule is Nc1cccnc1Sc1nc[nH]c(=O)c1Cl. The molecule has 0 spiro atoms. The normalized spacial score (nSPS) is 10.3. The van der Waals surface area contributed by atoms with Crippen LogP contribution in [-0.4, -0.2) is 15.0 Å². The van der Waals surface area contributed by atoms with Crippen LogP contribution in [0.15, 0.2) is 39.5 Å². The molecule has 2 aromatic heterocycles. The first-order valence-corrected chi connectivity index (χ1v) is 5.49. The Balaban J connectivity index is 2.38. The van der Waals surface area contributed by atoms with Crippen LogP contribution in [0.1, 0.15) is 0 Å². The Morgan fingerprint density at radius 1 is 1.38 bits per heavy atom. The second-order valence-electron chi connectivity index (χ2n) is 2.85. The van der Waals surface area contributed by atoms with Crippen LogP contribution in [0.2, 0.25) is 5.02 Å². The maximum Gasteiger partial charge on any atom is 0.270 e. The highest BCUT2D eigenvalue weighted by Gasteiger charge is 2.10. The Morgan fingerprint density at radius 3 is 2.94 bits per heavy atom. The first-order valence-electron chi connectivity index (χ1n) is 4.30. The highest BCUT2D eigenvalue weighted by Crippen LogP contribution is 2.30. The molecule has 5 nitrogen and oxygen atoms in total. The summed E-state index contributed by atoms with van der Waals surface area (Å²) >= 11 is 6.96. The van der Waals surface area contributed by atoms with E-state index in [0.29, 0.717) is 15.7 Å². The number of hydrogen-bond donors (Lipinski definition) is 2. The van der Waals surface area contributed by atoms with Crippen molar-refractivity contribution < 1.29 is 0 Å². The predicted molar refractivity (Wildman–Crippen MR) is 62.6 cm³/mol. The molecule has 0 radical (unpaired) electrons. The molecular weight excluding hydrogens is 248 g/mol. The van der Waals surface area contributed by atoms with Crippen molar-refractivity contribution in [3.05, 3.63) is 40.0 Å². The number of rotatable bonds is 2. The molecule has 7 heteroatoms. The van der Waals surface area contributed by atoms with Crippen LogP contribution < -0.4 is 11.3 Å². The van der Waals surface area contributed by atoms with Crippen LogP contribution in [0.25, 0.3) is 0 Å². The van der Waals surface area contributed by atoms with Crippen LogP contribution in [0.3, 0.4) is 0 Å². The molecule has 0 aromatic carbocycles. The number of hydrogen-bond acceptors (Lipinski definition) is 5. The van der Waals surface area contributed by atoms with Gasteiger partial charge in [0.25, 0.3) is 5.56 Å². The number of aromatic amines is 1. The van der Waals surface area contributed by atoms with E-state index in [1.54, 1.807) is 18.3 Å². The van der Waals surface area contributed by atoms with Crippen LogP contribution >= 0.6 is 23.4 Å². The third-order valence-electron chi connectivity index (χ3n) is 1.76. The number of nitrogens with one attached hydrogen (secondary N) is 1. The molecule has 0 unspecified atom stereocenters. The molecule has 2 rings (SSSR count). The van der Waals surface area contributed by atoms with Crippen LogP contribution in [0.5, 0.6) is 0 Å². The third kappa shape index (κ3) is 2.17. The molecular formula is C9H7ClN4OS. The molecule has 2 heterocycles. The highest BCUT2D eigenvalue weighted by molar-refractivity contribution is 7.99. The lowest BCUT2D eigenvalue weighted by molar-refractivity contribution is 1.01. The van der Waals surface area contributed by atoms with Gasteiger partial charge >= 0.3 is 0 Å². The summed E-state index contributed by atoms with van der Waals surface area (Å²) in [4.78, 5) is 21.6. The Kier molecular flexibility index (Phi) is 3.12. The number of nitrogens with two attached hydrogens (primary N) is 1. The summed E-state index contributed by atoms with van der Waals surface area (Å²) in [7, 11) is 0. The Morgan fingerprint density at radius 2 is 2.19 bits per heavy atom. The van der Waals surface area contributed by atoms with Gasteiger partial charge in [0.05, 0.1) is 12.0 Å². The van der Waals surface area contributed by atoms with E-state index < -0.39 is 0 Å². The van der Waals surface area contributed by atoms with E-state index in [1.165, 1.54) is 6.33 Å². The molecule has 0 atom stereocenters. The second-order valence-corrected chi connectivity index (χ2v) is 4.21. The van der Waals surface area contributed by atoms with Crippen molar-refractivity contribution in [2.45, 2.75) is 10.1 Å². The number of nitrogen functional groups attached to an aromatic ring is 1. The zero-order valence-corrected chi connectivity index (χ0v) is 9.55. The average Bonchev–Trinajstić information content (AvgIpc) is 2.28. The van der Waals surface area contributed by atoms with E-state index in [-0.39, 0.29) is 10.6 Å². The lowest BCUT2D eigenvalue weighted by Gasteiger charge is -2.03. The maximum atomic E-state index is 11.2. The van der Waals surface area contributed by atoms with Gasteiger partial charge in [-0.1, -0.05) is 11.6 Å². The van der Waals surface area contributed by atoms with E-state index >= 15 is 0 Å². The van der Waals surface area contributed by atoms with Crippen molar-refractivity contribution in [1.29, 1.82) is 0 Å². The summed E-state index contributed by atoms with van der Waals surface area (Å²) in [5, 5.41) is 0.996. The van der Waals surface area contributed by atoms with Crippen molar-refractivity contribution in [2.24, 2.45) is 0 Å². The summed E-state index contributed by atoms with van der Waals surface area (Å²) in [6, 6.07) is 3.45. The molecule has 0 saturated heterocycles. The van der Waals surface area contributed by atoms with E-state index in [4.69, 9.17) is 17.3 Å². The van der Waals surface area contributed by atoms with Gasteiger partial charge in [0.15, 0.2) is 0 Å². The zero-order chi connectivity index (χ0) is 11.5. The molecule has 0 aliphatic heterocycles. The minimum Gasteiger partial charge on any atom is -0.397 e. The molecule has 2 aromatic rings. The number of halogens is 1. The molecule has 0 aliphatic carbocycles. The van der Waals surface area contributed by atoms with E-state index in [9.17, 15) is 4.79 Å². The monoisotopic (exact) mass is 254 g/mol. The van der Waals surface area contributed by atoms with Crippen molar-refractivity contribution in [3.8, 4) is 0 Å². The van der Waals surface area contributed by atoms with E-state index in [0.717, 1.165) is 11.8 Å². The molecule has 0 amide bonds. The number of nitrogens with zero attached hydrogens (tertiary/aromatic N) is 2. The molecule has 0 saturated carbocycles. The largest absolute Gasteiger partial charge is 0.397 e. The maximum absolute atomic E-state index is 11.2. The van der Waals surface area contributed by atoms with E-state index in [2.05, 4.69) is 15.0 Å². The summed E-state index contributed by atoms with van der Waals surface area (Å²) in [6.07, 6.45) is 2.90. The fraction of sp³-hybridized carbons (Fsp3) is 0. The van der Waals surface area contributed by atoms with Gasteiger partial charge in [0.2, 0.25) is 0 Å². The third-order valence-corrected chi connectivity index (χ3v) is 3.26. The van der Waals surface area contributed by atoms with Crippen LogP contribution in [0, 0.1) is 0 Å². The fourth-order valence-corrected chi connectivity index (χ4v) is 2.01. The minimum atomic E-state index is -0.381. The molecule has 82 valence electrons. The summed E-state index contributed by atoms with van der Waals surface area (Å²) in [5.74, 6) is 0. The fourth-order valence-electron chi connectivity index (χ4n) is 1.02. The summed E-state index contributed by atoms with van der Waals surface area (Å²) < 4.78 is 0. The van der Waals surface area contributed by atoms with Gasteiger partial charge in [-0.05, 0) is 23.9 Å². The van der Waals surface area contributed by atoms with Crippen LogP contribution in [0.4, 0.5) is 5.69 Å². The lowest BCUT2D eigenvalue weighted by Crippen LogP contribution is -2.07. The van der Waals surface area contributed by atoms with Gasteiger partial charge in [-0.2, -0.15) is 0 Å². The first-order chi connectivity index (χ1) is 7.68. The number of H-pyrrole nitrogens is 1. The Labute approximate surface area is 100 Å². The Hall–Kier alpha value is -1.53. The minimum absolute atomic E-state index is 0.0394. The highest BCUT2D eigenvalue weighted by atomic mass is 35.5. The van der Waals surface area contributed by atoms with Gasteiger partial charge in [-0.3, -0.25) is 4.79 Å². The van der Waals surface area contributed by atoms with Crippen molar-refractivity contribution >= 4 is 29.1 Å². The Bertz CT molecular complexity index is 571. The molecule has 3 N–H and O–H groups in total. The van der Waals surface area contributed by atoms with Gasteiger partial charge in [-0.15, -0.1) is 0 Å².